The SMILES string of the molecule is CCCCN(CCCC)CC(Cl)c1ccc(OCC)cc1. The molecule has 0 saturated carbocycles. The Balaban J connectivity index is 2.55. The van der Waals surface area contributed by atoms with Crippen LogP contribution in [0.3, 0.4) is 0 Å². The maximum atomic E-state index is 6.61. The molecular formula is C18H30ClNO. The molecule has 0 aliphatic carbocycles. The molecule has 0 aliphatic heterocycles. The molecule has 0 bridgehead atoms. The zero-order valence-corrected chi connectivity index (χ0v) is 14.5. The predicted octanol–water partition coefficient (Wildman–Crippen LogP) is 5.27. The van der Waals surface area contributed by atoms with E-state index in [4.69, 9.17) is 16.3 Å². The molecule has 1 aromatic carbocycles. The molecule has 2 nitrogen and oxygen atoms in total. The van der Waals surface area contributed by atoms with Crippen molar-refractivity contribution in [2.45, 2.75) is 51.8 Å². The van der Waals surface area contributed by atoms with Crippen LogP contribution in [0, 0.1) is 0 Å². The monoisotopic (exact) mass is 311 g/mol. The van der Waals surface area contributed by atoms with Crippen LogP contribution >= 0.6 is 11.6 Å². The molecule has 0 spiro atoms. The second-order valence-corrected chi connectivity index (χ2v) is 6.00. The third-order valence-electron chi connectivity index (χ3n) is 3.63. The molecule has 0 radical (unpaired) electrons. The predicted molar refractivity (Wildman–Crippen MR) is 92.5 cm³/mol. The lowest BCUT2D eigenvalue weighted by Gasteiger charge is -2.24. The topological polar surface area (TPSA) is 12.5 Å². The molecule has 0 heterocycles. The summed E-state index contributed by atoms with van der Waals surface area (Å²) < 4.78 is 5.47. The van der Waals surface area contributed by atoms with Gasteiger partial charge in [-0.2, -0.15) is 0 Å². The summed E-state index contributed by atoms with van der Waals surface area (Å²) >= 11 is 6.61. The van der Waals surface area contributed by atoms with Crippen LogP contribution in [0.5, 0.6) is 5.75 Å². The van der Waals surface area contributed by atoms with Crippen LogP contribution in [0.1, 0.15) is 57.4 Å². The number of hydrogen-bond acceptors (Lipinski definition) is 2. The fourth-order valence-corrected chi connectivity index (χ4v) is 2.67. The minimum atomic E-state index is 0.0504. The van der Waals surface area contributed by atoms with E-state index in [-0.39, 0.29) is 5.38 Å². The molecule has 0 amide bonds. The highest BCUT2D eigenvalue weighted by molar-refractivity contribution is 6.21. The molecule has 0 fully saturated rings. The quantitative estimate of drug-likeness (QED) is 0.516. The van der Waals surface area contributed by atoms with E-state index >= 15 is 0 Å². The Hall–Kier alpha value is -0.730. The third-order valence-corrected chi connectivity index (χ3v) is 4.02. The van der Waals surface area contributed by atoms with E-state index in [0.29, 0.717) is 6.61 Å². The van der Waals surface area contributed by atoms with Gasteiger partial charge >= 0.3 is 0 Å². The Bertz CT molecular complexity index is 358. The van der Waals surface area contributed by atoms with Crippen LogP contribution in [-0.2, 0) is 0 Å². The van der Waals surface area contributed by atoms with E-state index in [1.807, 2.05) is 19.1 Å². The number of benzene rings is 1. The summed E-state index contributed by atoms with van der Waals surface area (Å²) in [5.74, 6) is 0.916. The molecule has 1 unspecified atom stereocenters. The van der Waals surface area contributed by atoms with Crippen LogP contribution in [-0.4, -0.2) is 31.1 Å². The van der Waals surface area contributed by atoms with Gasteiger partial charge in [0.25, 0.3) is 0 Å². The minimum absolute atomic E-state index is 0.0504. The van der Waals surface area contributed by atoms with Gasteiger partial charge in [-0.1, -0.05) is 38.8 Å². The van der Waals surface area contributed by atoms with Gasteiger partial charge in [0.15, 0.2) is 0 Å². The first kappa shape index (κ1) is 18.3. The van der Waals surface area contributed by atoms with Crippen molar-refractivity contribution in [2.75, 3.05) is 26.2 Å². The number of rotatable bonds is 11. The molecule has 0 N–H and O–H groups in total. The van der Waals surface area contributed by atoms with Crippen molar-refractivity contribution in [1.82, 2.24) is 4.90 Å². The lowest BCUT2D eigenvalue weighted by molar-refractivity contribution is 0.265. The van der Waals surface area contributed by atoms with Crippen molar-refractivity contribution < 1.29 is 4.74 Å². The molecule has 0 saturated heterocycles. The van der Waals surface area contributed by atoms with Crippen molar-refractivity contribution in [1.29, 1.82) is 0 Å². The molecule has 0 aliphatic rings. The van der Waals surface area contributed by atoms with Crippen LogP contribution < -0.4 is 4.74 Å². The summed E-state index contributed by atoms with van der Waals surface area (Å²) in [7, 11) is 0. The average Bonchev–Trinajstić information content (AvgIpc) is 2.51. The fraction of sp³-hybridized carbons (Fsp3) is 0.667. The van der Waals surface area contributed by atoms with E-state index in [1.165, 1.54) is 31.2 Å². The summed E-state index contributed by atoms with van der Waals surface area (Å²) in [4.78, 5) is 2.50. The lowest BCUT2D eigenvalue weighted by atomic mass is 10.1. The van der Waals surface area contributed by atoms with Crippen molar-refractivity contribution in [2.24, 2.45) is 0 Å². The van der Waals surface area contributed by atoms with Gasteiger partial charge in [-0.25, -0.2) is 0 Å². The van der Waals surface area contributed by atoms with E-state index in [2.05, 4.69) is 30.9 Å². The van der Waals surface area contributed by atoms with Gasteiger partial charge in [0, 0.05) is 6.54 Å². The average molecular weight is 312 g/mol. The van der Waals surface area contributed by atoms with Gasteiger partial charge in [0.2, 0.25) is 0 Å². The third kappa shape index (κ3) is 7.19. The van der Waals surface area contributed by atoms with E-state index in [0.717, 1.165) is 25.4 Å². The Morgan fingerprint density at radius 1 is 1.00 bits per heavy atom. The van der Waals surface area contributed by atoms with Gasteiger partial charge in [0.05, 0.1) is 12.0 Å². The molecule has 120 valence electrons. The summed E-state index contributed by atoms with van der Waals surface area (Å²) in [6.45, 7) is 10.4. The lowest BCUT2D eigenvalue weighted by Crippen LogP contribution is -2.29. The van der Waals surface area contributed by atoms with Crippen LogP contribution in [0.15, 0.2) is 24.3 Å². The summed E-state index contributed by atoms with van der Waals surface area (Å²) in [5, 5.41) is 0.0504. The van der Waals surface area contributed by atoms with Crippen molar-refractivity contribution in [3.05, 3.63) is 29.8 Å². The van der Waals surface area contributed by atoms with Gasteiger partial charge in [-0.15, -0.1) is 11.6 Å². The van der Waals surface area contributed by atoms with E-state index < -0.39 is 0 Å². The number of ether oxygens (including phenoxy) is 1. The number of unbranched alkanes of at least 4 members (excludes halogenated alkanes) is 2. The molecule has 1 atom stereocenters. The van der Waals surface area contributed by atoms with Crippen molar-refractivity contribution >= 4 is 11.6 Å². The largest absolute Gasteiger partial charge is 0.494 e. The molecular weight excluding hydrogens is 282 g/mol. The minimum Gasteiger partial charge on any atom is -0.494 e. The highest BCUT2D eigenvalue weighted by Gasteiger charge is 2.13. The summed E-state index contributed by atoms with van der Waals surface area (Å²) in [6.07, 6.45) is 4.96. The number of halogens is 1. The zero-order chi connectivity index (χ0) is 15.5. The van der Waals surface area contributed by atoms with Crippen molar-refractivity contribution in [3.63, 3.8) is 0 Å². The van der Waals surface area contributed by atoms with Crippen LogP contribution in [0.25, 0.3) is 0 Å². The van der Waals surface area contributed by atoms with Gasteiger partial charge in [0.1, 0.15) is 5.75 Å². The molecule has 1 aromatic rings. The maximum Gasteiger partial charge on any atom is 0.119 e. The number of hydrogen-bond donors (Lipinski definition) is 0. The molecule has 1 rings (SSSR count). The maximum absolute atomic E-state index is 6.61. The molecule has 0 aromatic heterocycles. The highest BCUT2D eigenvalue weighted by atomic mass is 35.5. The number of nitrogens with zero attached hydrogens (tertiary/aromatic N) is 1. The first-order chi connectivity index (χ1) is 10.2. The van der Waals surface area contributed by atoms with Crippen LogP contribution in [0.2, 0.25) is 0 Å². The first-order valence-electron chi connectivity index (χ1n) is 8.30. The number of alkyl halides is 1. The van der Waals surface area contributed by atoms with E-state index in [9.17, 15) is 0 Å². The van der Waals surface area contributed by atoms with Crippen LogP contribution in [0.4, 0.5) is 0 Å². The second kappa shape index (κ2) is 10.9. The van der Waals surface area contributed by atoms with Gasteiger partial charge < -0.3 is 9.64 Å². The Kier molecular flexibility index (Phi) is 9.53. The summed E-state index contributed by atoms with van der Waals surface area (Å²) in [6, 6.07) is 8.19. The Morgan fingerprint density at radius 3 is 2.05 bits per heavy atom. The van der Waals surface area contributed by atoms with Gasteiger partial charge in [-0.05, 0) is 50.6 Å². The Morgan fingerprint density at radius 2 is 1.57 bits per heavy atom. The van der Waals surface area contributed by atoms with Crippen molar-refractivity contribution in [3.8, 4) is 5.75 Å². The zero-order valence-electron chi connectivity index (χ0n) is 13.8. The van der Waals surface area contributed by atoms with Gasteiger partial charge in [-0.3, -0.25) is 0 Å². The second-order valence-electron chi connectivity index (χ2n) is 5.48. The molecule has 21 heavy (non-hydrogen) atoms. The standard InChI is InChI=1S/C18H30ClNO/c1-4-7-13-20(14-8-5-2)15-18(19)16-9-11-17(12-10-16)21-6-3/h9-12,18H,4-8,13-15H2,1-3H3. The smallest absolute Gasteiger partial charge is 0.119 e. The molecule has 3 heteroatoms. The highest BCUT2D eigenvalue weighted by Crippen LogP contribution is 2.24. The Labute approximate surface area is 135 Å². The fourth-order valence-electron chi connectivity index (χ4n) is 2.33. The first-order valence-corrected chi connectivity index (χ1v) is 8.74. The summed E-state index contributed by atoms with van der Waals surface area (Å²) in [5.41, 5.74) is 1.18. The normalized spacial score (nSPS) is 12.6. The van der Waals surface area contributed by atoms with E-state index in [1.54, 1.807) is 0 Å².